The van der Waals surface area contributed by atoms with Gasteiger partial charge >= 0.3 is 0 Å². The molecule has 0 bridgehead atoms. The van der Waals surface area contributed by atoms with E-state index in [2.05, 4.69) is 44.6 Å². The van der Waals surface area contributed by atoms with Crippen LogP contribution in [0.3, 0.4) is 0 Å². The van der Waals surface area contributed by atoms with E-state index in [-0.39, 0.29) is 0 Å². The Bertz CT molecular complexity index is 556. The van der Waals surface area contributed by atoms with Crippen LogP contribution in [-0.2, 0) is 13.1 Å². The summed E-state index contributed by atoms with van der Waals surface area (Å²) in [5, 5.41) is 0. The fourth-order valence-corrected chi connectivity index (χ4v) is 2.28. The number of fused-ring (bicyclic) bond motifs is 1. The molecule has 0 spiro atoms. The van der Waals surface area contributed by atoms with E-state index >= 15 is 0 Å². The number of hydrazine groups is 1. The molecule has 1 aliphatic heterocycles. The lowest BCUT2D eigenvalue weighted by Gasteiger charge is -2.17. The van der Waals surface area contributed by atoms with Crippen molar-refractivity contribution in [1.29, 1.82) is 0 Å². The van der Waals surface area contributed by atoms with Gasteiger partial charge in [-0.05, 0) is 18.1 Å². The number of nitrogens with one attached hydrogen (secondary N) is 1. The molecule has 1 aromatic heterocycles. The average molecular weight is 241 g/mol. The molecular weight excluding hydrogens is 226 g/mol. The van der Waals surface area contributed by atoms with Gasteiger partial charge in [0.15, 0.2) is 0 Å². The number of hydrogen-bond donors (Lipinski definition) is 2. The summed E-state index contributed by atoms with van der Waals surface area (Å²) in [6.07, 6.45) is 0. The molecule has 1 aromatic carbocycles. The van der Waals surface area contributed by atoms with E-state index in [1.165, 1.54) is 11.1 Å². The summed E-state index contributed by atoms with van der Waals surface area (Å²) in [7, 11) is 0. The van der Waals surface area contributed by atoms with Crippen molar-refractivity contribution in [3.8, 4) is 0 Å². The zero-order chi connectivity index (χ0) is 12.5. The van der Waals surface area contributed by atoms with E-state index in [1.54, 1.807) is 0 Å². The Hall–Kier alpha value is -2.14. The first-order valence-corrected chi connectivity index (χ1v) is 5.90. The molecule has 18 heavy (non-hydrogen) atoms. The molecule has 2 heterocycles. The Morgan fingerprint density at radius 2 is 1.83 bits per heavy atom. The third kappa shape index (κ3) is 1.89. The minimum Gasteiger partial charge on any atom is -0.348 e. The van der Waals surface area contributed by atoms with Gasteiger partial charge in [0.1, 0.15) is 17.5 Å². The largest absolute Gasteiger partial charge is 0.348 e. The highest BCUT2D eigenvalue weighted by molar-refractivity contribution is 5.52. The summed E-state index contributed by atoms with van der Waals surface area (Å²) in [6.45, 7) is 3.64. The van der Waals surface area contributed by atoms with Crippen molar-refractivity contribution in [3.63, 3.8) is 0 Å². The van der Waals surface area contributed by atoms with Crippen molar-refractivity contribution in [2.75, 3.05) is 10.3 Å². The monoisotopic (exact) mass is 241 g/mol. The number of benzene rings is 1. The molecule has 0 fully saturated rings. The fraction of sp³-hybridized carbons (Fsp3) is 0.231. The molecule has 5 heteroatoms. The Morgan fingerprint density at radius 3 is 2.44 bits per heavy atom. The number of aryl methyl sites for hydroxylation is 1. The second kappa shape index (κ2) is 4.27. The second-order valence-corrected chi connectivity index (χ2v) is 4.43. The van der Waals surface area contributed by atoms with Gasteiger partial charge in [-0.2, -0.15) is 0 Å². The third-order valence-corrected chi connectivity index (χ3v) is 3.14. The van der Waals surface area contributed by atoms with Crippen molar-refractivity contribution in [2.24, 2.45) is 5.84 Å². The lowest BCUT2D eigenvalue weighted by atomic mass is 10.1. The summed E-state index contributed by atoms with van der Waals surface area (Å²) >= 11 is 0. The van der Waals surface area contributed by atoms with Crippen LogP contribution in [-0.4, -0.2) is 9.97 Å². The van der Waals surface area contributed by atoms with Gasteiger partial charge in [0.25, 0.3) is 0 Å². The van der Waals surface area contributed by atoms with Crippen LogP contribution in [0.15, 0.2) is 30.3 Å². The Kier molecular flexibility index (Phi) is 2.60. The topological polar surface area (TPSA) is 67.1 Å². The maximum atomic E-state index is 5.41. The maximum Gasteiger partial charge on any atom is 0.145 e. The number of nitrogens with zero attached hydrogens (tertiary/aromatic N) is 3. The number of nitrogens with two attached hydrogens (primary N) is 1. The molecule has 0 amide bonds. The van der Waals surface area contributed by atoms with E-state index in [4.69, 9.17) is 5.84 Å². The molecule has 0 aliphatic carbocycles. The van der Waals surface area contributed by atoms with Gasteiger partial charge in [-0.1, -0.05) is 24.3 Å². The van der Waals surface area contributed by atoms with E-state index in [1.807, 2.05) is 13.0 Å². The highest BCUT2D eigenvalue weighted by atomic mass is 15.3. The van der Waals surface area contributed by atoms with Crippen LogP contribution in [0.2, 0.25) is 0 Å². The Balaban J connectivity index is 1.92. The lowest BCUT2D eigenvalue weighted by molar-refractivity contribution is 0.842. The molecule has 0 saturated carbocycles. The van der Waals surface area contributed by atoms with E-state index in [0.717, 1.165) is 24.7 Å². The van der Waals surface area contributed by atoms with E-state index in [0.29, 0.717) is 5.82 Å². The van der Waals surface area contributed by atoms with Crippen LogP contribution in [0.1, 0.15) is 17.0 Å². The maximum absolute atomic E-state index is 5.41. The van der Waals surface area contributed by atoms with Crippen molar-refractivity contribution in [3.05, 3.63) is 47.3 Å². The average Bonchev–Trinajstić information content (AvgIpc) is 2.81. The minimum atomic E-state index is 0.647. The van der Waals surface area contributed by atoms with E-state index in [9.17, 15) is 0 Å². The number of nitrogen functional groups attached to an aromatic ring is 1. The van der Waals surface area contributed by atoms with Crippen molar-refractivity contribution < 1.29 is 0 Å². The smallest absolute Gasteiger partial charge is 0.145 e. The third-order valence-electron chi connectivity index (χ3n) is 3.14. The fourth-order valence-electron chi connectivity index (χ4n) is 2.28. The Labute approximate surface area is 106 Å². The predicted molar refractivity (Wildman–Crippen MR) is 70.9 cm³/mol. The van der Waals surface area contributed by atoms with Gasteiger partial charge in [0.05, 0.1) is 0 Å². The number of hydrogen-bond acceptors (Lipinski definition) is 5. The zero-order valence-electron chi connectivity index (χ0n) is 10.2. The molecule has 0 atom stereocenters. The minimum absolute atomic E-state index is 0.647. The SMILES string of the molecule is Cc1nc(NN)cc(N2Cc3ccccc3C2)n1. The predicted octanol–water partition coefficient (Wildman–Crippen LogP) is 1.59. The summed E-state index contributed by atoms with van der Waals surface area (Å²) in [5.41, 5.74) is 5.29. The summed E-state index contributed by atoms with van der Waals surface area (Å²) in [6, 6.07) is 10.3. The number of rotatable bonds is 2. The first kappa shape index (κ1) is 11.0. The van der Waals surface area contributed by atoms with Crippen molar-refractivity contribution in [1.82, 2.24) is 9.97 Å². The molecule has 1 aliphatic rings. The number of aromatic nitrogens is 2. The van der Waals surface area contributed by atoms with Crippen LogP contribution in [0, 0.1) is 6.92 Å². The molecule has 0 saturated heterocycles. The molecule has 92 valence electrons. The van der Waals surface area contributed by atoms with Gasteiger partial charge < -0.3 is 10.3 Å². The molecule has 0 unspecified atom stereocenters. The van der Waals surface area contributed by atoms with E-state index < -0.39 is 0 Å². The van der Waals surface area contributed by atoms with Gasteiger partial charge in [-0.3, -0.25) is 0 Å². The molecular formula is C13H15N5. The first-order valence-electron chi connectivity index (χ1n) is 5.90. The normalized spacial score (nSPS) is 13.6. The van der Waals surface area contributed by atoms with Crippen molar-refractivity contribution >= 4 is 11.6 Å². The molecule has 3 rings (SSSR count). The van der Waals surface area contributed by atoms with Gasteiger partial charge in [0, 0.05) is 19.2 Å². The van der Waals surface area contributed by atoms with Crippen LogP contribution in [0.5, 0.6) is 0 Å². The summed E-state index contributed by atoms with van der Waals surface area (Å²) < 4.78 is 0. The molecule has 5 nitrogen and oxygen atoms in total. The van der Waals surface area contributed by atoms with Crippen LogP contribution >= 0.6 is 0 Å². The van der Waals surface area contributed by atoms with Crippen LogP contribution in [0.4, 0.5) is 11.6 Å². The highest BCUT2D eigenvalue weighted by Gasteiger charge is 2.20. The van der Waals surface area contributed by atoms with Crippen LogP contribution in [0.25, 0.3) is 0 Å². The standard InChI is InChI=1S/C13H15N5/c1-9-15-12(17-14)6-13(16-9)18-7-10-4-2-3-5-11(10)8-18/h2-6H,7-8,14H2,1H3,(H,15,16,17). The van der Waals surface area contributed by atoms with Crippen molar-refractivity contribution in [2.45, 2.75) is 20.0 Å². The van der Waals surface area contributed by atoms with Gasteiger partial charge in [0.2, 0.25) is 0 Å². The second-order valence-electron chi connectivity index (χ2n) is 4.43. The Morgan fingerprint density at radius 1 is 1.17 bits per heavy atom. The van der Waals surface area contributed by atoms with Gasteiger partial charge in [-0.25, -0.2) is 15.8 Å². The van der Waals surface area contributed by atoms with Gasteiger partial charge in [-0.15, -0.1) is 0 Å². The zero-order valence-corrected chi connectivity index (χ0v) is 10.2. The summed E-state index contributed by atoms with van der Waals surface area (Å²) in [5.74, 6) is 7.69. The molecule has 3 N–H and O–H groups in total. The first-order chi connectivity index (χ1) is 8.76. The molecule has 2 aromatic rings. The summed E-state index contributed by atoms with van der Waals surface area (Å²) in [4.78, 5) is 10.9. The van der Waals surface area contributed by atoms with Crippen LogP contribution < -0.4 is 16.2 Å². The number of anilines is 2. The molecule has 0 radical (unpaired) electrons. The highest BCUT2D eigenvalue weighted by Crippen LogP contribution is 2.27. The lowest BCUT2D eigenvalue weighted by Crippen LogP contribution is -2.18. The quantitative estimate of drug-likeness (QED) is 0.617.